The third-order valence-electron chi connectivity index (χ3n) is 5.20. The molecule has 6 heteroatoms. The van der Waals surface area contributed by atoms with Gasteiger partial charge in [-0.1, -0.05) is 18.2 Å². The molecule has 28 heavy (non-hydrogen) atoms. The van der Waals surface area contributed by atoms with Crippen LogP contribution in [0.3, 0.4) is 0 Å². The highest BCUT2D eigenvalue weighted by molar-refractivity contribution is 5.80. The zero-order valence-electron chi connectivity index (χ0n) is 16.3. The summed E-state index contributed by atoms with van der Waals surface area (Å²) < 4.78 is 11.8. The Bertz CT molecular complexity index is 796. The largest absolute Gasteiger partial charge is 0.487 e. The van der Waals surface area contributed by atoms with Crippen molar-refractivity contribution in [2.45, 2.75) is 57.6 Å². The van der Waals surface area contributed by atoms with Gasteiger partial charge in [-0.2, -0.15) is 0 Å². The minimum atomic E-state index is 0.331. The number of rotatable bonds is 7. The zero-order valence-corrected chi connectivity index (χ0v) is 16.3. The van der Waals surface area contributed by atoms with Gasteiger partial charge in [0.2, 0.25) is 0 Å². The number of nitrogens with one attached hydrogen (secondary N) is 2. The van der Waals surface area contributed by atoms with Gasteiger partial charge in [-0.15, -0.1) is 0 Å². The Kier molecular flexibility index (Phi) is 6.07. The maximum Gasteiger partial charge on any atom is 0.191 e. The molecular weight excluding hydrogens is 352 g/mol. The van der Waals surface area contributed by atoms with Crippen LogP contribution >= 0.6 is 0 Å². The molecule has 0 spiro atoms. The van der Waals surface area contributed by atoms with Crippen molar-refractivity contribution in [2.24, 2.45) is 4.99 Å². The summed E-state index contributed by atoms with van der Waals surface area (Å²) in [5, 5.41) is 6.90. The highest BCUT2D eigenvalue weighted by Crippen LogP contribution is 2.34. The van der Waals surface area contributed by atoms with Gasteiger partial charge in [0.25, 0.3) is 0 Å². The molecule has 2 bridgehead atoms. The molecule has 0 radical (unpaired) electrons. The van der Waals surface area contributed by atoms with Gasteiger partial charge < -0.3 is 20.1 Å². The monoisotopic (exact) mass is 380 g/mol. The fourth-order valence-electron chi connectivity index (χ4n) is 3.83. The second kappa shape index (κ2) is 9.06. The smallest absolute Gasteiger partial charge is 0.191 e. The zero-order chi connectivity index (χ0) is 19.2. The SMILES string of the molecule is CCNC(=NCc1cccc(OCc2ccccn2)c1)NC1CC2CCC1O2. The molecule has 2 aliphatic rings. The van der Waals surface area contributed by atoms with Gasteiger partial charge in [-0.05, 0) is 56.0 Å². The van der Waals surface area contributed by atoms with Crippen LogP contribution < -0.4 is 15.4 Å². The third-order valence-corrected chi connectivity index (χ3v) is 5.20. The number of aromatic nitrogens is 1. The summed E-state index contributed by atoms with van der Waals surface area (Å²) in [5.41, 5.74) is 2.03. The lowest BCUT2D eigenvalue weighted by Gasteiger charge is -2.22. The number of hydrogen-bond acceptors (Lipinski definition) is 4. The Morgan fingerprint density at radius 2 is 2.21 bits per heavy atom. The lowest BCUT2D eigenvalue weighted by molar-refractivity contribution is 0.0992. The van der Waals surface area contributed by atoms with Gasteiger partial charge in [-0.25, -0.2) is 4.99 Å². The fourth-order valence-corrected chi connectivity index (χ4v) is 3.83. The van der Waals surface area contributed by atoms with Crippen molar-refractivity contribution in [1.82, 2.24) is 15.6 Å². The van der Waals surface area contributed by atoms with Crippen LogP contribution in [-0.2, 0) is 17.9 Å². The molecule has 2 aliphatic heterocycles. The van der Waals surface area contributed by atoms with Crippen molar-refractivity contribution in [2.75, 3.05) is 6.54 Å². The number of hydrogen-bond donors (Lipinski definition) is 2. The fraction of sp³-hybridized carbons (Fsp3) is 0.455. The number of nitrogens with zero attached hydrogens (tertiary/aromatic N) is 2. The van der Waals surface area contributed by atoms with Gasteiger partial charge in [0.15, 0.2) is 5.96 Å². The van der Waals surface area contributed by atoms with Crippen LogP contribution in [0.1, 0.15) is 37.4 Å². The summed E-state index contributed by atoms with van der Waals surface area (Å²) in [7, 11) is 0. The van der Waals surface area contributed by atoms with Gasteiger partial charge in [0, 0.05) is 12.7 Å². The molecule has 0 saturated carbocycles. The number of guanidine groups is 1. The summed E-state index contributed by atoms with van der Waals surface area (Å²) in [6.45, 7) is 3.97. The van der Waals surface area contributed by atoms with Crippen molar-refractivity contribution in [3.8, 4) is 5.75 Å². The first-order chi connectivity index (χ1) is 13.8. The Labute approximate surface area is 166 Å². The van der Waals surface area contributed by atoms with Crippen LogP contribution in [0.2, 0.25) is 0 Å². The predicted molar refractivity (Wildman–Crippen MR) is 109 cm³/mol. The molecule has 2 fully saturated rings. The van der Waals surface area contributed by atoms with Gasteiger partial charge in [0.1, 0.15) is 12.4 Å². The second-order valence-corrected chi connectivity index (χ2v) is 7.31. The average Bonchev–Trinajstić information content (AvgIpc) is 3.35. The topological polar surface area (TPSA) is 67.8 Å². The first-order valence-electron chi connectivity index (χ1n) is 10.1. The average molecular weight is 380 g/mol. The summed E-state index contributed by atoms with van der Waals surface area (Å²) in [5.74, 6) is 1.68. The number of pyridine rings is 1. The van der Waals surface area contributed by atoms with E-state index in [1.54, 1.807) is 6.20 Å². The summed E-state index contributed by atoms with van der Waals surface area (Å²) in [4.78, 5) is 9.05. The first-order valence-corrected chi connectivity index (χ1v) is 10.1. The Hall–Kier alpha value is -2.60. The van der Waals surface area contributed by atoms with Crippen molar-refractivity contribution >= 4 is 5.96 Å². The van der Waals surface area contributed by atoms with Crippen molar-refractivity contribution in [1.29, 1.82) is 0 Å². The lowest BCUT2D eigenvalue weighted by Crippen LogP contribution is -2.47. The third kappa shape index (κ3) is 4.81. The van der Waals surface area contributed by atoms with E-state index >= 15 is 0 Å². The molecule has 3 unspecified atom stereocenters. The minimum absolute atomic E-state index is 0.331. The molecule has 6 nitrogen and oxygen atoms in total. The first kappa shape index (κ1) is 18.7. The van der Waals surface area contributed by atoms with E-state index in [9.17, 15) is 0 Å². The molecule has 3 heterocycles. The van der Waals surface area contributed by atoms with E-state index in [0.29, 0.717) is 31.4 Å². The van der Waals surface area contributed by atoms with E-state index in [2.05, 4.69) is 28.6 Å². The van der Waals surface area contributed by atoms with Crippen LogP contribution in [0.15, 0.2) is 53.7 Å². The van der Waals surface area contributed by atoms with Gasteiger partial charge in [0.05, 0.1) is 30.5 Å². The van der Waals surface area contributed by atoms with Crippen molar-refractivity contribution < 1.29 is 9.47 Å². The molecule has 0 amide bonds. The maximum atomic E-state index is 5.94. The molecule has 0 aliphatic carbocycles. The Balaban J connectivity index is 1.35. The normalized spacial score (nSPS) is 23.6. The van der Waals surface area contributed by atoms with E-state index < -0.39 is 0 Å². The minimum Gasteiger partial charge on any atom is -0.487 e. The Morgan fingerprint density at radius 3 is 2.96 bits per heavy atom. The quantitative estimate of drug-likeness (QED) is 0.571. The summed E-state index contributed by atoms with van der Waals surface area (Å²) in [6.07, 6.45) is 5.96. The number of aliphatic imine (C=N–C) groups is 1. The van der Waals surface area contributed by atoms with Crippen LogP contribution in [0.5, 0.6) is 5.75 Å². The molecular formula is C22H28N4O2. The number of ether oxygens (including phenoxy) is 2. The van der Waals surface area contributed by atoms with E-state index in [-0.39, 0.29) is 0 Å². The van der Waals surface area contributed by atoms with Crippen LogP contribution in [0.25, 0.3) is 0 Å². The lowest BCUT2D eigenvalue weighted by atomic mass is 9.96. The van der Waals surface area contributed by atoms with Crippen LogP contribution in [-0.4, -0.2) is 35.7 Å². The summed E-state index contributed by atoms with van der Waals surface area (Å²) in [6, 6.07) is 14.3. The van der Waals surface area contributed by atoms with E-state index in [0.717, 1.165) is 42.4 Å². The molecule has 2 N–H and O–H groups in total. The van der Waals surface area contributed by atoms with E-state index in [1.807, 2.05) is 36.4 Å². The predicted octanol–water partition coefficient (Wildman–Crippen LogP) is 3.04. The van der Waals surface area contributed by atoms with Crippen molar-refractivity contribution in [3.63, 3.8) is 0 Å². The van der Waals surface area contributed by atoms with Crippen molar-refractivity contribution in [3.05, 3.63) is 59.9 Å². The van der Waals surface area contributed by atoms with Gasteiger partial charge >= 0.3 is 0 Å². The molecule has 2 saturated heterocycles. The Morgan fingerprint density at radius 1 is 1.25 bits per heavy atom. The van der Waals surface area contributed by atoms with Crippen LogP contribution in [0.4, 0.5) is 0 Å². The molecule has 1 aromatic carbocycles. The standard InChI is InChI=1S/C22H28N4O2/c1-2-23-22(26-20-13-19-9-10-21(20)28-19)25-14-16-6-5-8-18(12-16)27-15-17-7-3-4-11-24-17/h3-8,11-12,19-21H,2,9-10,13-15H2,1H3,(H2,23,25,26). The number of benzene rings is 1. The molecule has 1 aromatic heterocycles. The second-order valence-electron chi connectivity index (χ2n) is 7.31. The van der Waals surface area contributed by atoms with Crippen LogP contribution in [0, 0.1) is 0 Å². The molecule has 4 rings (SSSR count). The molecule has 2 aromatic rings. The van der Waals surface area contributed by atoms with E-state index in [4.69, 9.17) is 14.5 Å². The molecule has 3 atom stereocenters. The van der Waals surface area contributed by atoms with E-state index in [1.165, 1.54) is 6.42 Å². The highest BCUT2D eigenvalue weighted by Gasteiger charge is 2.41. The molecule has 148 valence electrons. The maximum absolute atomic E-state index is 5.94. The highest BCUT2D eigenvalue weighted by atomic mass is 16.5. The summed E-state index contributed by atoms with van der Waals surface area (Å²) >= 11 is 0. The van der Waals surface area contributed by atoms with Gasteiger partial charge in [-0.3, -0.25) is 4.98 Å². The number of fused-ring (bicyclic) bond motifs is 2.